The first-order valence-corrected chi connectivity index (χ1v) is 21.0. The lowest BCUT2D eigenvalue weighted by Crippen LogP contribution is -2.55. The van der Waals surface area contributed by atoms with Crippen LogP contribution >= 0.6 is 23.2 Å². The second kappa shape index (κ2) is 18.8. The van der Waals surface area contributed by atoms with Gasteiger partial charge in [-0.05, 0) is 106 Å². The van der Waals surface area contributed by atoms with Gasteiger partial charge in [0.1, 0.15) is 25.0 Å². The molecule has 0 spiro atoms. The fourth-order valence-electron chi connectivity index (χ4n) is 8.10. The Morgan fingerprint density at radius 1 is 0.869 bits per heavy atom. The summed E-state index contributed by atoms with van der Waals surface area (Å²) in [5.41, 5.74) is 8.01. The fourth-order valence-corrected chi connectivity index (χ4v) is 8.42. The van der Waals surface area contributed by atoms with Crippen molar-refractivity contribution in [2.24, 2.45) is 0 Å². The molecule has 4 atom stereocenters. The minimum atomic E-state index is -1.15. The van der Waals surface area contributed by atoms with Gasteiger partial charge in [-0.15, -0.1) is 0 Å². The van der Waals surface area contributed by atoms with Gasteiger partial charge in [0.25, 0.3) is 0 Å². The number of halogens is 2. The third-order valence-electron chi connectivity index (χ3n) is 11.3. The summed E-state index contributed by atoms with van der Waals surface area (Å²) in [5, 5.41) is 23.7. The van der Waals surface area contributed by atoms with Crippen LogP contribution in [0.4, 0.5) is 0 Å². The maximum atomic E-state index is 14.4. The molecule has 1 unspecified atom stereocenters. The third-order valence-corrected chi connectivity index (χ3v) is 12.1. The monoisotopic (exact) mass is 857 g/mol. The maximum absolute atomic E-state index is 14.4. The van der Waals surface area contributed by atoms with Gasteiger partial charge in [-0.3, -0.25) is 14.7 Å². The number of hydrogen-bond donors (Lipinski definition) is 3. The topological polar surface area (TPSA) is 130 Å². The molecule has 1 amide bonds. The minimum absolute atomic E-state index is 0.104. The highest BCUT2D eigenvalue weighted by Crippen LogP contribution is 2.42. The molecule has 61 heavy (non-hydrogen) atoms. The van der Waals surface area contributed by atoms with E-state index in [2.05, 4.69) is 34.3 Å². The number of benzene rings is 5. The van der Waals surface area contributed by atoms with Crippen LogP contribution in [-0.2, 0) is 42.2 Å². The normalized spacial score (nSPS) is 16.9. The number of carbonyl (C=O) groups excluding carboxylic acids is 1. The van der Waals surface area contributed by atoms with E-state index in [1.54, 1.807) is 18.3 Å². The quantitative estimate of drug-likeness (QED) is 0.0982. The van der Waals surface area contributed by atoms with Crippen molar-refractivity contribution >= 4 is 35.1 Å². The van der Waals surface area contributed by atoms with Gasteiger partial charge in [0.2, 0.25) is 5.91 Å². The number of aliphatic hydroxyl groups is 1. The van der Waals surface area contributed by atoms with Crippen molar-refractivity contribution in [1.82, 2.24) is 15.2 Å². The van der Waals surface area contributed by atoms with E-state index in [0.717, 1.165) is 50.9 Å². The predicted octanol–water partition coefficient (Wildman–Crippen LogP) is 9.33. The van der Waals surface area contributed by atoms with Crippen LogP contribution < -0.4 is 19.5 Å². The smallest absolute Gasteiger partial charge is 0.326 e. The van der Waals surface area contributed by atoms with Gasteiger partial charge in [0.05, 0.1) is 28.4 Å². The van der Waals surface area contributed by atoms with Crippen molar-refractivity contribution in [2.45, 2.75) is 70.2 Å². The summed E-state index contributed by atoms with van der Waals surface area (Å²) in [6.07, 6.45) is 2.49. The number of carboxylic acids is 1. The molecular formula is C49H45Cl2N3O7. The SMILES string of the molecule is CC[C@@H](c1ccccc1)N1Cc2cc3c(cc2C[C@H]1C(=O)NC(Cc1ccc(-c2ccnc(CO)c2)cc1)C(=O)O)OC[C@H](c1ccc(OCc2ccc(Cl)c(Cl)c2)cc1)O3. The number of amides is 1. The molecule has 3 heterocycles. The van der Waals surface area contributed by atoms with E-state index < -0.39 is 18.1 Å². The summed E-state index contributed by atoms with van der Waals surface area (Å²) in [7, 11) is 0. The zero-order valence-electron chi connectivity index (χ0n) is 33.5. The molecule has 5 aromatic carbocycles. The Hall–Kier alpha value is -5.91. The highest BCUT2D eigenvalue weighted by atomic mass is 35.5. The average Bonchev–Trinajstić information content (AvgIpc) is 3.29. The number of aliphatic carboxylic acids is 1. The van der Waals surface area contributed by atoms with E-state index in [1.807, 2.05) is 97.1 Å². The lowest BCUT2D eigenvalue weighted by Gasteiger charge is -2.42. The van der Waals surface area contributed by atoms with Crippen molar-refractivity contribution in [3.63, 3.8) is 0 Å². The maximum Gasteiger partial charge on any atom is 0.326 e. The summed E-state index contributed by atoms with van der Waals surface area (Å²) in [6, 6.07) is 36.5. The molecule has 3 N–H and O–H groups in total. The van der Waals surface area contributed by atoms with E-state index in [1.165, 1.54) is 0 Å². The molecule has 8 rings (SSSR count). The van der Waals surface area contributed by atoms with Crippen LogP contribution in [0.15, 0.2) is 128 Å². The third kappa shape index (κ3) is 9.69. The molecule has 10 nitrogen and oxygen atoms in total. The van der Waals surface area contributed by atoms with Crippen molar-refractivity contribution in [3.8, 4) is 28.4 Å². The van der Waals surface area contributed by atoms with Crippen molar-refractivity contribution in [3.05, 3.63) is 177 Å². The Kier molecular flexibility index (Phi) is 12.9. The van der Waals surface area contributed by atoms with E-state index >= 15 is 0 Å². The van der Waals surface area contributed by atoms with Crippen molar-refractivity contribution in [1.29, 1.82) is 0 Å². The molecule has 0 aliphatic carbocycles. The molecule has 0 saturated heterocycles. The molecule has 0 radical (unpaired) electrons. The summed E-state index contributed by atoms with van der Waals surface area (Å²) < 4.78 is 18.8. The van der Waals surface area contributed by atoms with Crippen LogP contribution in [0.2, 0.25) is 10.0 Å². The Morgan fingerprint density at radius 2 is 1.62 bits per heavy atom. The van der Waals surface area contributed by atoms with Crippen LogP contribution in [0.25, 0.3) is 11.1 Å². The van der Waals surface area contributed by atoms with Crippen LogP contribution in [0.3, 0.4) is 0 Å². The number of aliphatic hydroxyl groups excluding tert-OH is 1. The van der Waals surface area contributed by atoms with E-state index in [4.69, 9.17) is 37.4 Å². The molecular weight excluding hydrogens is 813 g/mol. The first-order valence-electron chi connectivity index (χ1n) is 20.3. The fraction of sp³-hybridized carbons (Fsp3) is 0.245. The molecule has 2 aliphatic rings. The highest BCUT2D eigenvalue weighted by molar-refractivity contribution is 6.42. The van der Waals surface area contributed by atoms with E-state index in [9.17, 15) is 19.8 Å². The second-order valence-electron chi connectivity index (χ2n) is 15.3. The Labute approximate surface area is 364 Å². The average molecular weight is 859 g/mol. The summed E-state index contributed by atoms with van der Waals surface area (Å²) in [6.45, 7) is 3.02. The van der Waals surface area contributed by atoms with Crippen molar-refractivity contribution < 1.29 is 34.0 Å². The van der Waals surface area contributed by atoms with Crippen LogP contribution in [-0.4, -0.2) is 50.7 Å². The summed E-state index contributed by atoms with van der Waals surface area (Å²) in [5.74, 6) is 0.464. The van der Waals surface area contributed by atoms with Crippen LogP contribution in [0, 0.1) is 0 Å². The number of aromatic nitrogens is 1. The molecule has 312 valence electrons. The van der Waals surface area contributed by atoms with E-state index in [-0.39, 0.29) is 31.1 Å². The number of nitrogens with zero attached hydrogens (tertiary/aromatic N) is 2. The summed E-state index contributed by atoms with van der Waals surface area (Å²) >= 11 is 12.2. The number of carbonyl (C=O) groups is 2. The zero-order chi connectivity index (χ0) is 42.5. The minimum Gasteiger partial charge on any atom is -0.489 e. The van der Waals surface area contributed by atoms with Gasteiger partial charge in [-0.1, -0.05) is 103 Å². The van der Waals surface area contributed by atoms with Crippen LogP contribution in [0.5, 0.6) is 17.2 Å². The zero-order valence-corrected chi connectivity index (χ0v) is 35.0. The first-order chi connectivity index (χ1) is 29.6. The number of pyridine rings is 1. The first kappa shape index (κ1) is 41.8. The van der Waals surface area contributed by atoms with Gasteiger partial charge in [-0.25, -0.2) is 4.79 Å². The standard InChI is InChI=1S/C49H45Cl2N3O7/c1-2-43(33-6-4-3-5-7-33)54-26-37-25-46-45(60-29-47(61-46)34-13-15-39(16-14-34)59-28-31-10-17-40(50)41(51)20-31)24-36(37)23-44(54)48(56)53-42(49(57)58)21-30-8-11-32(12-9-30)35-18-19-52-38(22-35)27-55/h3-20,22,24-25,42-44,47,55H,2,21,23,26-29H2,1H3,(H,53,56)(H,57,58)/t42?,43-,44-,47+/m0/s1. The van der Waals surface area contributed by atoms with Gasteiger partial charge >= 0.3 is 5.97 Å². The van der Waals surface area contributed by atoms with Crippen LogP contribution in [0.1, 0.15) is 64.6 Å². The molecule has 6 aromatic rings. The lowest BCUT2D eigenvalue weighted by molar-refractivity contribution is -0.143. The van der Waals surface area contributed by atoms with Gasteiger partial charge < -0.3 is 29.7 Å². The number of nitrogens with one attached hydrogen (secondary N) is 1. The van der Waals surface area contributed by atoms with Gasteiger partial charge in [0.15, 0.2) is 17.6 Å². The predicted molar refractivity (Wildman–Crippen MR) is 234 cm³/mol. The Bertz CT molecular complexity index is 2500. The van der Waals surface area contributed by atoms with Gasteiger partial charge in [-0.2, -0.15) is 0 Å². The van der Waals surface area contributed by atoms with E-state index in [0.29, 0.717) is 59.2 Å². The second-order valence-corrected chi connectivity index (χ2v) is 16.1. The summed E-state index contributed by atoms with van der Waals surface area (Å²) in [4.78, 5) is 33.4. The highest BCUT2D eigenvalue weighted by Gasteiger charge is 2.39. The number of hydrogen-bond acceptors (Lipinski definition) is 8. The Morgan fingerprint density at radius 3 is 2.34 bits per heavy atom. The molecule has 12 heteroatoms. The molecule has 2 aliphatic heterocycles. The molecule has 0 fully saturated rings. The molecule has 0 saturated carbocycles. The largest absolute Gasteiger partial charge is 0.489 e. The molecule has 0 bridgehead atoms. The lowest BCUT2D eigenvalue weighted by atomic mass is 9.89. The van der Waals surface area contributed by atoms with Crippen molar-refractivity contribution in [2.75, 3.05) is 6.61 Å². The molecule has 1 aromatic heterocycles. The number of fused-ring (bicyclic) bond motifs is 2. The Balaban J connectivity index is 0.989. The number of ether oxygens (including phenoxy) is 3. The number of rotatable bonds is 14. The number of carboxylic acid groups (broad SMARTS) is 1. The van der Waals surface area contributed by atoms with Gasteiger partial charge in [0, 0.05) is 25.2 Å².